The summed E-state index contributed by atoms with van der Waals surface area (Å²) in [5.41, 5.74) is 0.309. The lowest BCUT2D eigenvalue weighted by Gasteiger charge is -2.27. The number of amides is 1. The zero-order chi connectivity index (χ0) is 18.5. The summed E-state index contributed by atoms with van der Waals surface area (Å²) in [4.78, 5) is 14.1. The fourth-order valence-corrected chi connectivity index (χ4v) is 2.77. The Morgan fingerprint density at radius 2 is 1.69 bits per heavy atom. The normalized spacial score (nSPS) is 14.0. The number of rotatable bonds is 5. The van der Waals surface area contributed by atoms with Gasteiger partial charge in [-0.2, -0.15) is 0 Å². The van der Waals surface area contributed by atoms with E-state index in [1.165, 1.54) is 26.4 Å². The number of piperazine rings is 1. The SMILES string of the molecule is COc1ccc(Oc2ccc(C(=O)N3CCNCC3)cc2F)cc1OC. The van der Waals surface area contributed by atoms with Crippen molar-refractivity contribution in [1.29, 1.82) is 0 Å². The highest BCUT2D eigenvalue weighted by atomic mass is 19.1. The van der Waals surface area contributed by atoms with Crippen molar-refractivity contribution in [2.24, 2.45) is 0 Å². The van der Waals surface area contributed by atoms with Gasteiger partial charge in [-0.25, -0.2) is 4.39 Å². The van der Waals surface area contributed by atoms with Crippen molar-refractivity contribution < 1.29 is 23.4 Å². The molecule has 0 unspecified atom stereocenters. The number of methoxy groups -OCH3 is 2. The Hall–Kier alpha value is -2.80. The van der Waals surface area contributed by atoms with Crippen molar-refractivity contribution in [2.75, 3.05) is 40.4 Å². The lowest BCUT2D eigenvalue weighted by molar-refractivity contribution is 0.0735. The van der Waals surface area contributed by atoms with Gasteiger partial charge in [0.05, 0.1) is 14.2 Å². The van der Waals surface area contributed by atoms with Crippen molar-refractivity contribution >= 4 is 5.91 Å². The maximum absolute atomic E-state index is 14.4. The van der Waals surface area contributed by atoms with E-state index in [-0.39, 0.29) is 11.7 Å². The van der Waals surface area contributed by atoms with E-state index >= 15 is 0 Å². The first-order valence-electron chi connectivity index (χ1n) is 8.32. The molecule has 1 saturated heterocycles. The summed E-state index contributed by atoms with van der Waals surface area (Å²) < 4.78 is 30.4. The lowest BCUT2D eigenvalue weighted by Crippen LogP contribution is -2.46. The Balaban J connectivity index is 1.76. The first-order valence-corrected chi connectivity index (χ1v) is 8.32. The van der Waals surface area contributed by atoms with E-state index in [1.54, 1.807) is 29.2 Å². The van der Waals surface area contributed by atoms with Crippen LogP contribution in [0.4, 0.5) is 4.39 Å². The molecule has 2 aromatic carbocycles. The molecule has 1 N–H and O–H groups in total. The topological polar surface area (TPSA) is 60.0 Å². The Labute approximate surface area is 151 Å². The minimum absolute atomic E-state index is 0.0362. The predicted molar refractivity (Wildman–Crippen MR) is 94.8 cm³/mol. The largest absolute Gasteiger partial charge is 0.493 e. The third-order valence-corrected chi connectivity index (χ3v) is 4.17. The number of halogens is 1. The molecule has 0 aliphatic carbocycles. The summed E-state index contributed by atoms with van der Waals surface area (Å²) >= 11 is 0. The van der Waals surface area contributed by atoms with Gasteiger partial charge in [-0.1, -0.05) is 0 Å². The molecule has 0 atom stereocenters. The van der Waals surface area contributed by atoms with Crippen molar-refractivity contribution in [3.8, 4) is 23.0 Å². The molecule has 26 heavy (non-hydrogen) atoms. The molecule has 7 heteroatoms. The number of ether oxygens (including phenoxy) is 3. The van der Waals surface area contributed by atoms with Gasteiger partial charge in [-0.3, -0.25) is 4.79 Å². The maximum Gasteiger partial charge on any atom is 0.254 e. The van der Waals surface area contributed by atoms with Crippen molar-refractivity contribution in [1.82, 2.24) is 10.2 Å². The van der Waals surface area contributed by atoms with Gasteiger partial charge in [0.25, 0.3) is 5.91 Å². The van der Waals surface area contributed by atoms with Gasteiger partial charge in [0, 0.05) is 37.8 Å². The Morgan fingerprint density at radius 3 is 2.35 bits per heavy atom. The Morgan fingerprint density at radius 1 is 1.00 bits per heavy atom. The molecule has 0 bridgehead atoms. The number of hydrogen-bond donors (Lipinski definition) is 1. The summed E-state index contributed by atoms with van der Waals surface area (Å²) in [7, 11) is 3.05. The van der Waals surface area contributed by atoms with Crippen molar-refractivity contribution in [2.45, 2.75) is 0 Å². The fraction of sp³-hybridized carbons (Fsp3) is 0.316. The van der Waals surface area contributed by atoms with Crippen molar-refractivity contribution in [3.05, 3.63) is 47.8 Å². The average Bonchev–Trinajstić information content (AvgIpc) is 2.69. The molecule has 2 aromatic rings. The Kier molecular flexibility index (Phi) is 5.58. The first-order chi connectivity index (χ1) is 12.6. The second-order valence-corrected chi connectivity index (χ2v) is 5.81. The smallest absolute Gasteiger partial charge is 0.254 e. The number of hydrogen-bond acceptors (Lipinski definition) is 5. The molecule has 1 amide bonds. The molecule has 138 valence electrons. The Bertz CT molecular complexity index is 791. The van der Waals surface area contributed by atoms with Crippen LogP contribution in [0.5, 0.6) is 23.0 Å². The minimum atomic E-state index is -0.597. The number of nitrogens with one attached hydrogen (secondary N) is 1. The van der Waals surface area contributed by atoms with Crippen molar-refractivity contribution in [3.63, 3.8) is 0 Å². The quantitative estimate of drug-likeness (QED) is 0.888. The van der Waals surface area contributed by atoms with Crippen LogP contribution < -0.4 is 19.5 Å². The molecule has 6 nitrogen and oxygen atoms in total. The van der Waals surface area contributed by atoms with E-state index in [4.69, 9.17) is 14.2 Å². The number of benzene rings is 2. The van der Waals surface area contributed by atoms with Gasteiger partial charge < -0.3 is 24.4 Å². The van der Waals surface area contributed by atoms with Crippen LogP contribution in [0.3, 0.4) is 0 Å². The summed E-state index contributed by atoms with van der Waals surface area (Å²) in [6.07, 6.45) is 0. The van der Waals surface area contributed by atoms with Gasteiger partial charge >= 0.3 is 0 Å². The molecule has 1 aliphatic heterocycles. The second-order valence-electron chi connectivity index (χ2n) is 5.81. The fourth-order valence-electron chi connectivity index (χ4n) is 2.77. The van der Waals surface area contributed by atoms with E-state index < -0.39 is 5.82 Å². The highest BCUT2D eigenvalue weighted by Crippen LogP contribution is 2.34. The summed E-state index contributed by atoms with van der Waals surface area (Å²) in [5.74, 6) is 0.703. The average molecular weight is 360 g/mol. The third-order valence-electron chi connectivity index (χ3n) is 4.17. The zero-order valence-electron chi connectivity index (χ0n) is 14.8. The standard InChI is InChI=1S/C19H21FN2O4/c1-24-17-6-4-14(12-18(17)25-2)26-16-5-3-13(11-15(16)20)19(23)22-9-7-21-8-10-22/h3-6,11-12,21H,7-10H2,1-2H3. The minimum Gasteiger partial charge on any atom is -0.493 e. The van der Waals surface area contributed by atoms with Gasteiger partial charge in [-0.05, 0) is 30.3 Å². The van der Waals surface area contributed by atoms with Crippen LogP contribution in [0.25, 0.3) is 0 Å². The molecule has 1 fully saturated rings. The molecule has 0 saturated carbocycles. The monoisotopic (exact) mass is 360 g/mol. The van der Waals surface area contributed by atoms with E-state index in [2.05, 4.69) is 5.32 Å². The molecular formula is C19H21FN2O4. The predicted octanol–water partition coefficient (Wildman–Crippen LogP) is 2.68. The van der Waals surface area contributed by atoms with E-state index in [1.807, 2.05) is 0 Å². The number of carbonyl (C=O) groups is 1. The summed E-state index contributed by atoms with van der Waals surface area (Å²) in [6.45, 7) is 2.72. The summed E-state index contributed by atoms with van der Waals surface area (Å²) in [6, 6.07) is 9.18. The van der Waals surface area contributed by atoms with Gasteiger partial charge in [0.1, 0.15) is 5.75 Å². The molecule has 3 rings (SSSR count). The number of nitrogens with zero attached hydrogens (tertiary/aromatic N) is 1. The number of carbonyl (C=O) groups excluding carboxylic acids is 1. The molecular weight excluding hydrogens is 339 g/mol. The maximum atomic E-state index is 14.4. The van der Waals surface area contributed by atoms with Crippen LogP contribution in [-0.2, 0) is 0 Å². The molecule has 0 radical (unpaired) electrons. The molecule has 1 heterocycles. The third kappa shape index (κ3) is 3.88. The van der Waals surface area contributed by atoms with Crippen LogP contribution in [0.15, 0.2) is 36.4 Å². The molecule has 0 aromatic heterocycles. The lowest BCUT2D eigenvalue weighted by atomic mass is 10.1. The molecule has 1 aliphatic rings. The van der Waals surface area contributed by atoms with E-state index in [9.17, 15) is 9.18 Å². The van der Waals surface area contributed by atoms with Crippen LogP contribution in [0.2, 0.25) is 0 Å². The van der Waals surface area contributed by atoms with E-state index in [0.717, 1.165) is 13.1 Å². The van der Waals surface area contributed by atoms with Crippen LogP contribution in [0.1, 0.15) is 10.4 Å². The van der Waals surface area contributed by atoms with Crippen LogP contribution >= 0.6 is 0 Å². The van der Waals surface area contributed by atoms with E-state index in [0.29, 0.717) is 35.9 Å². The zero-order valence-corrected chi connectivity index (χ0v) is 14.8. The first kappa shape index (κ1) is 18.0. The molecule has 0 spiro atoms. The highest BCUT2D eigenvalue weighted by Gasteiger charge is 2.19. The van der Waals surface area contributed by atoms with Crippen LogP contribution in [0, 0.1) is 5.82 Å². The van der Waals surface area contributed by atoms with Crippen LogP contribution in [-0.4, -0.2) is 51.2 Å². The van der Waals surface area contributed by atoms with Gasteiger partial charge in [0.15, 0.2) is 23.1 Å². The second kappa shape index (κ2) is 8.05. The summed E-state index contributed by atoms with van der Waals surface area (Å²) in [5, 5.41) is 3.18. The van der Waals surface area contributed by atoms with Gasteiger partial charge in [-0.15, -0.1) is 0 Å². The highest BCUT2D eigenvalue weighted by molar-refractivity contribution is 5.94. The van der Waals surface area contributed by atoms with Gasteiger partial charge in [0.2, 0.25) is 0 Å².